The molecule has 0 aliphatic heterocycles. The van der Waals surface area contributed by atoms with E-state index in [9.17, 15) is 9.59 Å². The van der Waals surface area contributed by atoms with Gasteiger partial charge in [-0.3, -0.25) is 9.59 Å². The maximum atomic E-state index is 11.1. The van der Waals surface area contributed by atoms with E-state index in [-0.39, 0.29) is 18.4 Å². The van der Waals surface area contributed by atoms with E-state index >= 15 is 0 Å². The third-order valence-corrected chi connectivity index (χ3v) is 14.6. The maximum Gasteiger partial charge on any atom is 0.230 e. The van der Waals surface area contributed by atoms with Gasteiger partial charge in [-0.1, -0.05) is 328 Å². The first-order chi connectivity index (χ1) is 50.3. The molecule has 0 N–H and O–H groups in total. The zero-order valence-corrected chi connectivity index (χ0v) is 66.3. The molecule has 0 aliphatic rings. The third-order valence-electron chi connectivity index (χ3n) is 11.6. The second kappa shape index (κ2) is 68.4. The van der Waals surface area contributed by atoms with E-state index in [0.29, 0.717) is 11.1 Å². The number of benzene rings is 12. The number of carbonyl (C=O) groups excluding carboxylic acids is 2. The summed E-state index contributed by atoms with van der Waals surface area (Å²) in [4.78, 5) is 29.8. The van der Waals surface area contributed by atoms with Crippen LogP contribution in [0.15, 0.2) is 381 Å². The van der Waals surface area contributed by atoms with E-state index in [1.54, 1.807) is 97.7 Å². The lowest BCUT2D eigenvalue weighted by molar-refractivity contribution is 0.100. The number of rotatable bonds is 16. The second-order valence-electron chi connectivity index (χ2n) is 18.2. The van der Waals surface area contributed by atoms with E-state index in [1.165, 1.54) is 29.4 Å². The van der Waals surface area contributed by atoms with Crippen molar-refractivity contribution in [2.75, 3.05) is 6.79 Å². The predicted octanol–water partition coefficient (Wildman–Crippen LogP) is 30.2. The van der Waals surface area contributed by atoms with Crippen molar-refractivity contribution in [1.82, 2.24) is 0 Å². The molecule has 12 aromatic carbocycles. The van der Waals surface area contributed by atoms with Gasteiger partial charge in [0.2, 0.25) is 6.79 Å². The van der Waals surface area contributed by atoms with Crippen molar-refractivity contribution < 1.29 is 28.5 Å². The largest absolute Gasteiger partial charge is 0.458 e. The molecule has 0 radical (unpaired) electrons. The van der Waals surface area contributed by atoms with Gasteiger partial charge in [-0.25, -0.2) is 0 Å². The highest BCUT2D eigenvalue weighted by atomic mass is 32.2. The summed E-state index contributed by atoms with van der Waals surface area (Å²) in [6.07, 6.45) is 0. The molecule has 540 valence electrons. The Hall–Kier alpha value is -9.77. The first-order valence-electron chi connectivity index (χ1n) is 35.7. The van der Waals surface area contributed by atoms with Crippen molar-refractivity contribution >= 4 is 46.9 Å². The lowest BCUT2D eigenvalue weighted by Gasteiger charge is -2.07. The quantitative estimate of drug-likeness (QED) is 0.0695. The summed E-state index contributed by atoms with van der Waals surface area (Å²) in [6, 6.07) is 115. The van der Waals surface area contributed by atoms with Gasteiger partial charge < -0.3 is 18.9 Å². The van der Waals surface area contributed by atoms with E-state index < -0.39 is 0 Å². The maximum absolute atomic E-state index is 11.1. The van der Waals surface area contributed by atoms with Crippen LogP contribution in [-0.4, -0.2) is 18.4 Å². The fraction of sp³-hybridized carbons (Fsp3) is 0.204. The zero-order valence-electron chi connectivity index (χ0n) is 63.9. The molecule has 12 aromatic rings. The molecule has 0 saturated carbocycles. The van der Waals surface area contributed by atoms with Crippen LogP contribution < -0.4 is 18.9 Å². The molecule has 102 heavy (non-hydrogen) atoms. The lowest BCUT2D eigenvalue weighted by atomic mass is 10.1. The number of hydrogen-bond acceptors (Lipinski definition) is 9. The fourth-order valence-electron chi connectivity index (χ4n) is 7.29. The number of carbonyl (C=O) groups is 2. The minimum absolute atomic E-state index is 0.0614. The third kappa shape index (κ3) is 46.6. The Morgan fingerprint density at radius 1 is 0.206 bits per heavy atom. The molecule has 0 spiro atoms. The molecular formula is C93H114O6S3. The number of Topliss-reactive ketones (excluding diaryl/α,β-unsaturated/α-hetero) is 2. The Morgan fingerprint density at radius 2 is 0.363 bits per heavy atom. The Bertz CT molecular complexity index is 3430. The van der Waals surface area contributed by atoms with Crippen LogP contribution in [0.25, 0.3) is 0 Å². The second-order valence-corrected chi connectivity index (χ2v) is 21.6. The van der Waals surface area contributed by atoms with Gasteiger partial charge in [-0.2, -0.15) is 0 Å². The number of hydrogen-bond donors (Lipinski definition) is 0. The monoisotopic (exact) mass is 1420 g/mol. The van der Waals surface area contributed by atoms with Crippen molar-refractivity contribution in [2.45, 2.75) is 154 Å². The normalized spacial score (nSPS) is 8.73. The molecule has 0 aromatic heterocycles. The van der Waals surface area contributed by atoms with Crippen molar-refractivity contribution in [3.63, 3.8) is 0 Å². The van der Waals surface area contributed by atoms with Crippen LogP contribution in [0.2, 0.25) is 0 Å². The molecule has 12 rings (SSSR count). The fourth-order valence-corrected chi connectivity index (χ4v) is 9.82. The average Bonchev–Trinajstić information content (AvgIpc) is 0.921. The molecule has 0 heterocycles. The Labute approximate surface area is 629 Å². The smallest absolute Gasteiger partial charge is 0.230 e. The van der Waals surface area contributed by atoms with Gasteiger partial charge in [0, 0.05) is 40.5 Å². The van der Waals surface area contributed by atoms with Gasteiger partial charge >= 0.3 is 0 Å². The number of para-hydroxylation sites is 4. The highest BCUT2D eigenvalue weighted by Gasteiger charge is 2.04. The molecule has 6 nitrogen and oxygen atoms in total. The summed E-state index contributed by atoms with van der Waals surface area (Å²) in [5.74, 6) is 4.79. The van der Waals surface area contributed by atoms with E-state index in [1.807, 2.05) is 293 Å². The van der Waals surface area contributed by atoms with Gasteiger partial charge in [0.25, 0.3) is 0 Å². The number of ketones is 2. The molecule has 0 atom stereocenters. The highest BCUT2D eigenvalue weighted by molar-refractivity contribution is 8.00. The summed E-state index contributed by atoms with van der Waals surface area (Å²) in [6.45, 7) is 35.3. The summed E-state index contributed by atoms with van der Waals surface area (Å²) in [5.41, 5.74) is 1.39. The minimum Gasteiger partial charge on any atom is -0.458 e. The summed E-state index contributed by atoms with van der Waals surface area (Å²) in [5, 5.41) is 0. The first-order valence-corrected chi connectivity index (χ1v) is 38.1. The zero-order chi connectivity index (χ0) is 75.9. The molecular weight excluding hydrogens is 1310 g/mol. The van der Waals surface area contributed by atoms with Crippen LogP contribution in [0.3, 0.4) is 0 Å². The van der Waals surface area contributed by atoms with Crippen molar-refractivity contribution in [1.29, 1.82) is 0 Å². The molecule has 0 bridgehead atoms. The average molecular weight is 1420 g/mol. The van der Waals surface area contributed by atoms with Crippen LogP contribution >= 0.6 is 35.3 Å². The van der Waals surface area contributed by atoms with Crippen molar-refractivity contribution in [2.24, 2.45) is 0 Å². The first kappa shape index (κ1) is 94.3. The van der Waals surface area contributed by atoms with Crippen LogP contribution in [0, 0.1) is 0 Å². The van der Waals surface area contributed by atoms with E-state index in [0.717, 1.165) is 34.5 Å². The highest BCUT2D eigenvalue weighted by Crippen LogP contribution is 2.32. The lowest BCUT2D eigenvalue weighted by Crippen LogP contribution is -2.05. The summed E-state index contributed by atoms with van der Waals surface area (Å²) >= 11 is 5.37. The standard InChI is InChI=1S/C18H14S2.2C14H12O2.C13H12O2.C12H10S.C6H6.8C2H6/c1-3-7-15(8-4-1)19-17-11-13-18(14-12-17)20-16-9-5-2-6-10-16;2*1-11(15)12-7-9-14(10-8-12)16-13-5-3-2-4-6-13;1-3-7-12(8-4-1)14-11-15-13-9-5-2-6-10-13;1-3-7-11(8-4-1)13-12-9-5-2-6-10-12;1-2-4-6-5-3-1;8*1-2/h1-14H;2*2-10H,1H3;1-10H,11H2;1-10H;1-6H;8*1-2H3. The summed E-state index contributed by atoms with van der Waals surface area (Å²) < 4.78 is 22.0. The van der Waals surface area contributed by atoms with Gasteiger partial charge in [0.05, 0.1) is 0 Å². The van der Waals surface area contributed by atoms with Crippen LogP contribution in [0.5, 0.6) is 34.5 Å². The van der Waals surface area contributed by atoms with E-state index in [2.05, 4.69) is 121 Å². The number of ether oxygens (including phenoxy) is 4. The van der Waals surface area contributed by atoms with Crippen molar-refractivity contribution in [3.05, 3.63) is 363 Å². The predicted molar refractivity (Wildman–Crippen MR) is 447 cm³/mol. The Morgan fingerprint density at radius 3 is 0.559 bits per heavy atom. The molecule has 9 heteroatoms. The SMILES string of the molecule is CC.CC.CC.CC.CC.CC.CC.CC.CC(=O)c1ccc(Oc2ccccc2)cc1.CC(=O)c1ccc(Oc2ccccc2)cc1.c1ccc(OCOc2ccccc2)cc1.c1ccc(Sc2ccc(Sc3ccccc3)cc2)cc1.c1ccc(Sc2ccccc2)cc1.c1ccccc1. The van der Waals surface area contributed by atoms with Gasteiger partial charge in [0.1, 0.15) is 34.5 Å². The molecule has 0 aliphatic carbocycles. The molecule has 0 unspecified atom stereocenters. The Kier molecular flexibility index (Phi) is 63.2. The summed E-state index contributed by atoms with van der Waals surface area (Å²) in [7, 11) is 0. The van der Waals surface area contributed by atoms with Crippen LogP contribution in [-0.2, 0) is 0 Å². The van der Waals surface area contributed by atoms with Gasteiger partial charge in [-0.05, 0) is 184 Å². The Balaban J connectivity index is 0. The van der Waals surface area contributed by atoms with E-state index in [4.69, 9.17) is 18.9 Å². The van der Waals surface area contributed by atoms with Crippen LogP contribution in [0.1, 0.15) is 145 Å². The molecule has 0 fully saturated rings. The minimum atomic E-state index is 0.0614. The van der Waals surface area contributed by atoms with Crippen LogP contribution in [0.4, 0.5) is 0 Å². The van der Waals surface area contributed by atoms with Gasteiger partial charge in [-0.15, -0.1) is 0 Å². The topological polar surface area (TPSA) is 71.1 Å². The van der Waals surface area contributed by atoms with Crippen molar-refractivity contribution in [3.8, 4) is 34.5 Å². The van der Waals surface area contributed by atoms with Gasteiger partial charge in [0.15, 0.2) is 11.6 Å². The molecule has 0 saturated heterocycles. The molecule has 0 amide bonds.